The maximum Gasteiger partial charge on any atom is 0.0860 e. The molecule has 80 valence electrons. The molecule has 1 N–H and O–H groups in total. The highest BCUT2D eigenvalue weighted by Crippen LogP contribution is 2.32. The quantitative estimate of drug-likeness (QED) is 0.790. The monoisotopic (exact) mass is 223 g/mol. The van der Waals surface area contributed by atoms with Gasteiger partial charge in [-0.2, -0.15) is 0 Å². The normalized spacial score (nSPS) is 12.3. The molecule has 1 aromatic heterocycles. The fraction of sp³-hybridized carbons (Fsp3) is 0.333. The van der Waals surface area contributed by atoms with E-state index in [1.165, 1.54) is 0 Å². The molecular formula is C12H14ClNO. The van der Waals surface area contributed by atoms with E-state index in [0.717, 1.165) is 21.5 Å². The Balaban J connectivity index is 2.87. The van der Waals surface area contributed by atoms with Gasteiger partial charge in [-0.05, 0) is 13.8 Å². The van der Waals surface area contributed by atoms with Crippen LogP contribution in [0.25, 0.3) is 10.9 Å². The average Bonchev–Trinajstić information content (AvgIpc) is 2.41. The molecule has 1 aromatic carbocycles. The topological polar surface area (TPSA) is 25.2 Å². The maximum absolute atomic E-state index is 10.1. The number of halogens is 1. The molecule has 3 heteroatoms. The van der Waals surface area contributed by atoms with E-state index in [-0.39, 0.29) is 0 Å². The first-order chi connectivity index (χ1) is 6.91. The van der Waals surface area contributed by atoms with E-state index < -0.39 is 5.60 Å². The Morgan fingerprint density at radius 3 is 2.60 bits per heavy atom. The van der Waals surface area contributed by atoms with Crippen molar-refractivity contribution in [3.8, 4) is 0 Å². The lowest BCUT2D eigenvalue weighted by Crippen LogP contribution is -2.16. The number of rotatable bonds is 1. The predicted molar refractivity (Wildman–Crippen MR) is 63.2 cm³/mol. The van der Waals surface area contributed by atoms with Crippen LogP contribution in [0.15, 0.2) is 24.4 Å². The van der Waals surface area contributed by atoms with Crippen LogP contribution in [-0.2, 0) is 12.6 Å². The summed E-state index contributed by atoms with van der Waals surface area (Å²) in [5.41, 5.74) is 1.04. The molecule has 0 saturated heterocycles. The van der Waals surface area contributed by atoms with Crippen LogP contribution in [0.1, 0.15) is 19.4 Å². The van der Waals surface area contributed by atoms with E-state index in [1.54, 1.807) is 13.8 Å². The minimum Gasteiger partial charge on any atom is -0.386 e. The average molecular weight is 224 g/mol. The largest absolute Gasteiger partial charge is 0.386 e. The summed E-state index contributed by atoms with van der Waals surface area (Å²) in [5, 5.41) is 11.8. The molecule has 0 aliphatic rings. The van der Waals surface area contributed by atoms with Gasteiger partial charge in [-0.1, -0.05) is 29.8 Å². The molecule has 0 amide bonds. The third kappa shape index (κ3) is 1.64. The highest BCUT2D eigenvalue weighted by molar-refractivity contribution is 6.35. The van der Waals surface area contributed by atoms with Gasteiger partial charge >= 0.3 is 0 Å². The Labute approximate surface area is 94.1 Å². The summed E-state index contributed by atoms with van der Waals surface area (Å²) in [5.74, 6) is 0. The Hall–Kier alpha value is -0.990. The Morgan fingerprint density at radius 2 is 2.00 bits per heavy atom. The van der Waals surface area contributed by atoms with Crippen LogP contribution in [0.5, 0.6) is 0 Å². The third-order valence-electron chi connectivity index (χ3n) is 2.61. The van der Waals surface area contributed by atoms with Gasteiger partial charge in [0.1, 0.15) is 0 Å². The lowest BCUT2D eigenvalue weighted by Gasteiger charge is -2.19. The zero-order valence-electron chi connectivity index (χ0n) is 9.08. The Morgan fingerprint density at radius 1 is 1.33 bits per heavy atom. The first-order valence-electron chi connectivity index (χ1n) is 4.87. The van der Waals surface area contributed by atoms with Crippen molar-refractivity contribution in [2.75, 3.05) is 0 Å². The van der Waals surface area contributed by atoms with E-state index in [4.69, 9.17) is 11.6 Å². The van der Waals surface area contributed by atoms with Gasteiger partial charge in [0.05, 0.1) is 16.1 Å². The molecule has 15 heavy (non-hydrogen) atoms. The first-order valence-corrected chi connectivity index (χ1v) is 5.25. The van der Waals surface area contributed by atoms with Crippen molar-refractivity contribution in [2.24, 2.45) is 7.05 Å². The molecule has 0 saturated carbocycles. The Kier molecular flexibility index (Phi) is 2.28. The molecule has 0 fully saturated rings. The minimum absolute atomic E-state index is 0.721. The smallest absolute Gasteiger partial charge is 0.0860 e. The van der Waals surface area contributed by atoms with Crippen LogP contribution >= 0.6 is 11.6 Å². The SMILES string of the molecule is Cn1cc(Cl)c2cccc(C(C)(C)O)c21. The van der Waals surface area contributed by atoms with Crippen LogP contribution in [0.3, 0.4) is 0 Å². The van der Waals surface area contributed by atoms with Gasteiger partial charge in [-0.3, -0.25) is 0 Å². The standard InChI is InChI=1S/C12H14ClNO/c1-12(2,15)9-6-4-5-8-10(13)7-14(3)11(8)9/h4-7,15H,1-3H3. The highest BCUT2D eigenvalue weighted by Gasteiger charge is 2.21. The molecule has 0 bridgehead atoms. The lowest BCUT2D eigenvalue weighted by atomic mass is 9.96. The van der Waals surface area contributed by atoms with Crippen molar-refractivity contribution < 1.29 is 5.11 Å². The van der Waals surface area contributed by atoms with Gasteiger partial charge in [-0.15, -0.1) is 0 Å². The summed E-state index contributed by atoms with van der Waals surface area (Å²) in [4.78, 5) is 0. The second-order valence-electron chi connectivity index (χ2n) is 4.35. The lowest BCUT2D eigenvalue weighted by molar-refractivity contribution is 0.0798. The molecule has 0 unspecified atom stereocenters. The molecule has 0 aliphatic heterocycles. The zero-order valence-corrected chi connectivity index (χ0v) is 9.84. The van der Waals surface area contributed by atoms with Gasteiger partial charge in [0, 0.05) is 24.2 Å². The number of aromatic nitrogens is 1. The van der Waals surface area contributed by atoms with Crippen molar-refractivity contribution in [3.63, 3.8) is 0 Å². The van der Waals surface area contributed by atoms with Crippen LogP contribution in [-0.4, -0.2) is 9.67 Å². The molecule has 2 nitrogen and oxygen atoms in total. The molecule has 2 rings (SSSR count). The van der Waals surface area contributed by atoms with Crippen molar-refractivity contribution in [1.82, 2.24) is 4.57 Å². The summed E-state index contributed by atoms with van der Waals surface area (Å²) in [6.07, 6.45) is 1.86. The van der Waals surface area contributed by atoms with Crippen molar-refractivity contribution in [1.29, 1.82) is 0 Å². The molecule has 0 radical (unpaired) electrons. The molecule has 2 aromatic rings. The second kappa shape index (κ2) is 3.26. The third-order valence-corrected chi connectivity index (χ3v) is 2.91. The summed E-state index contributed by atoms with van der Waals surface area (Å²) >= 11 is 6.10. The van der Waals surface area contributed by atoms with Gasteiger partial charge in [0.25, 0.3) is 0 Å². The van der Waals surface area contributed by atoms with E-state index in [2.05, 4.69) is 0 Å². The van der Waals surface area contributed by atoms with Crippen LogP contribution < -0.4 is 0 Å². The Bertz CT molecular complexity index is 508. The second-order valence-corrected chi connectivity index (χ2v) is 4.76. The predicted octanol–water partition coefficient (Wildman–Crippen LogP) is 3.06. The summed E-state index contributed by atoms with van der Waals surface area (Å²) in [7, 11) is 1.93. The van der Waals surface area contributed by atoms with Crippen LogP contribution in [0.2, 0.25) is 5.02 Å². The number of aryl methyl sites for hydroxylation is 1. The number of aliphatic hydroxyl groups is 1. The summed E-state index contributed by atoms with van der Waals surface area (Å²) < 4.78 is 1.95. The number of hydrogen-bond acceptors (Lipinski definition) is 1. The van der Waals surface area contributed by atoms with Crippen molar-refractivity contribution >= 4 is 22.5 Å². The van der Waals surface area contributed by atoms with Crippen LogP contribution in [0.4, 0.5) is 0 Å². The minimum atomic E-state index is -0.852. The van der Waals surface area contributed by atoms with E-state index in [0.29, 0.717) is 0 Å². The van der Waals surface area contributed by atoms with E-state index in [9.17, 15) is 5.11 Å². The number of fused-ring (bicyclic) bond motifs is 1. The molecular weight excluding hydrogens is 210 g/mol. The fourth-order valence-corrected chi connectivity index (χ4v) is 2.21. The first kappa shape index (κ1) is 10.5. The summed E-state index contributed by atoms with van der Waals surface area (Å²) in [6.45, 7) is 3.56. The van der Waals surface area contributed by atoms with Gasteiger partial charge in [0.2, 0.25) is 0 Å². The van der Waals surface area contributed by atoms with Gasteiger partial charge in [-0.25, -0.2) is 0 Å². The molecule has 0 spiro atoms. The number of hydrogen-bond donors (Lipinski definition) is 1. The van der Waals surface area contributed by atoms with Crippen molar-refractivity contribution in [3.05, 3.63) is 35.0 Å². The molecule has 0 atom stereocenters. The van der Waals surface area contributed by atoms with E-state index in [1.807, 2.05) is 36.0 Å². The fourth-order valence-electron chi connectivity index (χ4n) is 1.91. The maximum atomic E-state index is 10.1. The van der Waals surface area contributed by atoms with Gasteiger partial charge < -0.3 is 9.67 Å². The van der Waals surface area contributed by atoms with E-state index >= 15 is 0 Å². The number of benzene rings is 1. The number of para-hydroxylation sites is 1. The summed E-state index contributed by atoms with van der Waals surface area (Å²) in [6, 6.07) is 5.81. The van der Waals surface area contributed by atoms with Crippen molar-refractivity contribution in [2.45, 2.75) is 19.4 Å². The van der Waals surface area contributed by atoms with Gasteiger partial charge in [0.15, 0.2) is 0 Å². The molecule has 1 heterocycles. The highest BCUT2D eigenvalue weighted by atomic mass is 35.5. The molecule has 0 aliphatic carbocycles. The van der Waals surface area contributed by atoms with Crippen LogP contribution in [0, 0.1) is 0 Å². The number of nitrogens with zero attached hydrogens (tertiary/aromatic N) is 1. The zero-order chi connectivity index (χ0) is 11.2.